The molecule has 3 rings (SSSR count). The zero-order valence-corrected chi connectivity index (χ0v) is 13.5. The van der Waals surface area contributed by atoms with Crippen molar-refractivity contribution in [3.05, 3.63) is 64.4 Å². The molecule has 1 heterocycles. The Morgan fingerprint density at radius 2 is 2.14 bits per heavy atom. The van der Waals surface area contributed by atoms with E-state index in [0.29, 0.717) is 11.7 Å². The Bertz CT molecular complexity index is 661. The first-order valence-corrected chi connectivity index (χ1v) is 8.12. The molecular weight excluding hydrogens is 296 g/mol. The lowest BCUT2D eigenvalue weighted by Crippen LogP contribution is -2.41. The fourth-order valence-electron chi connectivity index (χ4n) is 3.24. The van der Waals surface area contributed by atoms with Crippen LogP contribution in [0, 0.1) is 0 Å². The molecule has 0 saturated heterocycles. The SMILES string of the molecule is CC(NCC1(O)CCCc2ccccc21)c1cccnc1Cl. The van der Waals surface area contributed by atoms with Crippen LogP contribution in [0.5, 0.6) is 0 Å². The number of fused-ring (bicyclic) bond motifs is 1. The Kier molecular flexibility index (Phi) is 4.48. The first-order valence-electron chi connectivity index (χ1n) is 7.75. The van der Waals surface area contributed by atoms with E-state index in [0.717, 1.165) is 30.4 Å². The molecule has 1 aromatic heterocycles. The van der Waals surface area contributed by atoms with Crippen LogP contribution in [-0.4, -0.2) is 16.6 Å². The summed E-state index contributed by atoms with van der Waals surface area (Å²) in [6.07, 6.45) is 4.52. The highest BCUT2D eigenvalue weighted by Crippen LogP contribution is 2.35. The van der Waals surface area contributed by atoms with Crippen LogP contribution in [0.3, 0.4) is 0 Å². The van der Waals surface area contributed by atoms with Gasteiger partial charge < -0.3 is 10.4 Å². The molecule has 0 amide bonds. The van der Waals surface area contributed by atoms with Gasteiger partial charge in [0.05, 0.1) is 0 Å². The fraction of sp³-hybridized carbons (Fsp3) is 0.389. The molecule has 0 spiro atoms. The van der Waals surface area contributed by atoms with Gasteiger partial charge in [-0.15, -0.1) is 0 Å². The predicted octanol–water partition coefficient (Wildman–Crippen LogP) is 3.61. The van der Waals surface area contributed by atoms with Gasteiger partial charge in [-0.3, -0.25) is 0 Å². The van der Waals surface area contributed by atoms with Gasteiger partial charge >= 0.3 is 0 Å². The smallest absolute Gasteiger partial charge is 0.133 e. The highest BCUT2D eigenvalue weighted by atomic mass is 35.5. The van der Waals surface area contributed by atoms with Gasteiger partial charge in [0.25, 0.3) is 0 Å². The summed E-state index contributed by atoms with van der Waals surface area (Å²) in [6, 6.07) is 12.1. The third-order valence-electron chi connectivity index (χ3n) is 4.51. The minimum absolute atomic E-state index is 0.0410. The second-order valence-electron chi connectivity index (χ2n) is 6.03. The van der Waals surface area contributed by atoms with Gasteiger partial charge in [0.2, 0.25) is 0 Å². The normalized spacial score (nSPS) is 22.1. The molecule has 1 aliphatic rings. The lowest BCUT2D eigenvalue weighted by atomic mass is 9.79. The average Bonchev–Trinajstić information content (AvgIpc) is 2.54. The lowest BCUT2D eigenvalue weighted by molar-refractivity contribution is 0.0170. The van der Waals surface area contributed by atoms with Crippen LogP contribution < -0.4 is 5.32 Å². The molecule has 2 unspecified atom stereocenters. The molecule has 1 aromatic carbocycles. The van der Waals surface area contributed by atoms with Crippen LogP contribution in [0.1, 0.15) is 42.5 Å². The molecule has 2 N–H and O–H groups in total. The number of aromatic nitrogens is 1. The third kappa shape index (κ3) is 3.02. The number of aliphatic hydroxyl groups is 1. The Labute approximate surface area is 136 Å². The monoisotopic (exact) mass is 316 g/mol. The highest BCUT2D eigenvalue weighted by molar-refractivity contribution is 6.30. The van der Waals surface area contributed by atoms with Crippen molar-refractivity contribution in [1.29, 1.82) is 0 Å². The summed E-state index contributed by atoms with van der Waals surface area (Å²) in [5, 5.41) is 15.0. The zero-order chi connectivity index (χ0) is 15.6. The second-order valence-corrected chi connectivity index (χ2v) is 6.39. The first-order chi connectivity index (χ1) is 10.6. The van der Waals surface area contributed by atoms with E-state index < -0.39 is 5.60 Å². The molecule has 0 radical (unpaired) electrons. The summed E-state index contributed by atoms with van der Waals surface area (Å²) >= 11 is 6.14. The Hall–Kier alpha value is -1.42. The highest BCUT2D eigenvalue weighted by Gasteiger charge is 2.34. The molecule has 0 saturated carbocycles. The average molecular weight is 317 g/mol. The second kappa shape index (κ2) is 6.37. The van der Waals surface area contributed by atoms with E-state index in [1.807, 2.05) is 37.3 Å². The van der Waals surface area contributed by atoms with Crippen molar-refractivity contribution in [1.82, 2.24) is 10.3 Å². The number of hydrogen-bond donors (Lipinski definition) is 2. The molecule has 1 aliphatic carbocycles. The fourth-order valence-corrected chi connectivity index (χ4v) is 3.52. The molecule has 2 aromatic rings. The van der Waals surface area contributed by atoms with Crippen LogP contribution in [0.25, 0.3) is 0 Å². The van der Waals surface area contributed by atoms with Crippen molar-refractivity contribution in [2.24, 2.45) is 0 Å². The summed E-state index contributed by atoms with van der Waals surface area (Å²) in [6.45, 7) is 2.55. The number of benzene rings is 1. The molecule has 3 nitrogen and oxygen atoms in total. The molecule has 0 aliphatic heterocycles. The van der Waals surface area contributed by atoms with Crippen LogP contribution in [0.4, 0.5) is 0 Å². The maximum absolute atomic E-state index is 11.1. The Balaban J connectivity index is 1.75. The van der Waals surface area contributed by atoms with E-state index in [2.05, 4.69) is 16.4 Å². The Morgan fingerprint density at radius 1 is 1.32 bits per heavy atom. The minimum atomic E-state index is -0.808. The number of aryl methyl sites for hydroxylation is 1. The van der Waals surface area contributed by atoms with Gasteiger partial charge in [-0.25, -0.2) is 4.98 Å². The van der Waals surface area contributed by atoms with Crippen molar-refractivity contribution in [3.8, 4) is 0 Å². The van der Waals surface area contributed by atoms with Gasteiger partial charge in [-0.05, 0) is 43.4 Å². The van der Waals surface area contributed by atoms with Gasteiger partial charge in [0, 0.05) is 24.3 Å². The van der Waals surface area contributed by atoms with Crippen LogP contribution in [0.15, 0.2) is 42.6 Å². The number of nitrogens with one attached hydrogen (secondary N) is 1. The maximum Gasteiger partial charge on any atom is 0.133 e. The predicted molar refractivity (Wildman–Crippen MR) is 88.9 cm³/mol. The van der Waals surface area contributed by atoms with Crippen molar-refractivity contribution in [2.45, 2.75) is 37.8 Å². The maximum atomic E-state index is 11.1. The van der Waals surface area contributed by atoms with Crippen molar-refractivity contribution < 1.29 is 5.11 Å². The lowest BCUT2D eigenvalue weighted by Gasteiger charge is -2.35. The van der Waals surface area contributed by atoms with Crippen molar-refractivity contribution in [3.63, 3.8) is 0 Å². The Morgan fingerprint density at radius 3 is 2.95 bits per heavy atom. The molecule has 2 atom stereocenters. The van der Waals surface area contributed by atoms with Crippen molar-refractivity contribution >= 4 is 11.6 Å². The van der Waals surface area contributed by atoms with E-state index in [-0.39, 0.29) is 6.04 Å². The molecule has 116 valence electrons. The number of halogens is 1. The number of hydrogen-bond acceptors (Lipinski definition) is 3. The number of rotatable bonds is 4. The van der Waals surface area contributed by atoms with E-state index in [4.69, 9.17) is 11.6 Å². The van der Waals surface area contributed by atoms with Crippen LogP contribution in [0.2, 0.25) is 5.15 Å². The summed E-state index contributed by atoms with van der Waals surface area (Å²) in [5.74, 6) is 0. The summed E-state index contributed by atoms with van der Waals surface area (Å²) in [4.78, 5) is 4.11. The van der Waals surface area contributed by atoms with Gasteiger partial charge in [-0.1, -0.05) is 41.9 Å². The van der Waals surface area contributed by atoms with Crippen LogP contribution in [-0.2, 0) is 12.0 Å². The van der Waals surface area contributed by atoms with Crippen molar-refractivity contribution in [2.75, 3.05) is 6.54 Å². The molecular formula is C18H21ClN2O. The van der Waals surface area contributed by atoms with Crippen LogP contribution >= 0.6 is 11.6 Å². The van der Waals surface area contributed by atoms with E-state index >= 15 is 0 Å². The summed E-state index contributed by atoms with van der Waals surface area (Å²) in [7, 11) is 0. The topological polar surface area (TPSA) is 45.1 Å². The largest absolute Gasteiger partial charge is 0.384 e. The summed E-state index contributed by atoms with van der Waals surface area (Å²) < 4.78 is 0. The van der Waals surface area contributed by atoms with E-state index in [1.54, 1.807) is 6.20 Å². The standard InChI is InChI=1S/C18H21ClN2O/c1-13(15-8-5-11-20-17(15)19)21-12-18(22)10-4-7-14-6-2-3-9-16(14)18/h2-3,5-6,8-9,11,13,21-22H,4,7,10,12H2,1H3. The summed E-state index contributed by atoms with van der Waals surface area (Å²) in [5.41, 5.74) is 2.46. The zero-order valence-electron chi connectivity index (χ0n) is 12.7. The van der Waals surface area contributed by atoms with E-state index in [1.165, 1.54) is 5.56 Å². The van der Waals surface area contributed by atoms with Gasteiger partial charge in [0.15, 0.2) is 0 Å². The minimum Gasteiger partial charge on any atom is -0.384 e. The third-order valence-corrected chi connectivity index (χ3v) is 4.83. The first kappa shape index (κ1) is 15.5. The quantitative estimate of drug-likeness (QED) is 0.847. The van der Waals surface area contributed by atoms with E-state index in [9.17, 15) is 5.11 Å². The molecule has 0 bridgehead atoms. The number of nitrogens with zero attached hydrogens (tertiary/aromatic N) is 1. The number of pyridine rings is 1. The van der Waals surface area contributed by atoms with Gasteiger partial charge in [-0.2, -0.15) is 0 Å². The molecule has 22 heavy (non-hydrogen) atoms. The molecule has 4 heteroatoms. The molecule has 0 fully saturated rings. The van der Waals surface area contributed by atoms with Gasteiger partial charge in [0.1, 0.15) is 10.8 Å².